The Morgan fingerprint density at radius 1 is 1.15 bits per heavy atom. The molecule has 27 heavy (non-hydrogen) atoms. The minimum atomic E-state index is -0.121. The molecular weight excluding hydrogens is 344 g/mol. The number of nitrogens with zero attached hydrogens (tertiary/aromatic N) is 5. The van der Waals surface area contributed by atoms with Crippen LogP contribution >= 0.6 is 0 Å². The molecule has 8 heteroatoms. The number of aromatic nitrogens is 3. The van der Waals surface area contributed by atoms with Gasteiger partial charge in [-0.2, -0.15) is 0 Å². The number of amides is 2. The van der Waals surface area contributed by atoms with E-state index in [2.05, 4.69) is 26.5 Å². The molecule has 1 aromatic carbocycles. The summed E-state index contributed by atoms with van der Waals surface area (Å²) in [6.45, 7) is 5.41. The summed E-state index contributed by atoms with van der Waals surface area (Å²) in [6.07, 6.45) is 3.46. The van der Waals surface area contributed by atoms with Crippen LogP contribution in [0.2, 0.25) is 0 Å². The number of fused-ring (bicyclic) bond motifs is 1. The molecule has 2 aromatic heterocycles. The zero-order chi connectivity index (χ0) is 18.6. The molecule has 0 atom stereocenters. The number of anilines is 2. The van der Waals surface area contributed by atoms with Crippen LogP contribution in [0.5, 0.6) is 5.75 Å². The summed E-state index contributed by atoms with van der Waals surface area (Å²) in [5, 5.41) is 10.9. The van der Waals surface area contributed by atoms with Crippen molar-refractivity contribution < 1.29 is 9.53 Å². The van der Waals surface area contributed by atoms with E-state index in [1.807, 2.05) is 48.4 Å². The fraction of sp³-hybridized carbons (Fsp3) is 0.316. The van der Waals surface area contributed by atoms with Crippen molar-refractivity contribution in [1.82, 2.24) is 19.5 Å². The van der Waals surface area contributed by atoms with Crippen LogP contribution in [0.4, 0.5) is 16.2 Å². The molecule has 0 bridgehead atoms. The number of nitrogens with one attached hydrogen (secondary N) is 1. The molecule has 0 aliphatic carbocycles. The summed E-state index contributed by atoms with van der Waals surface area (Å²) in [7, 11) is 0. The smallest absolute Gasteiger partial charge is 0.322 e. The van der Waals surface area contributed by atoms with E-state index in [0.29, 0.717) is 31.0 Å². The molecule has 1 aliphatic rings. The zero-order valence-corrected chi connectivity index (χ0v) is 15.2. The van der Waals surface area contributed by atoms with Crippen molar-refractivity contribution in [3.63, 3.8) is 0 Å². The van der Waals surface area contributed by atoms with Gasteiger partial charge in [0.15, 0.2) is 5.65 Å². The third-order valence-electron chi connectivity index (χ3n) is 4.64. The fourth-order valence-corrected chi connectivity index (χ4v) is 3.29. The summed E-state index contributed by atoms with van der Waals surface area (Å²) in [5.41, 5.74) is 2.37. The van der Waals surface area contributed by atoms with Gasteiger partial charge in [0.2, 0.25) is 0 Å². The van der Waals surface area contributed by atoms with Gasteiger partial charge in [0.05, 0.1) is 18.0 Å². The van der Waals surface area contributed by atoms with Crippen LogP contribution < -0.4 is 15.0 Å². The number of carbonyl (C=O) groups excluding carboxylic acids is 1. The number of rotatable bonds is 4. The second kappa shape index (κ2) is 7.53. The molecule has 0 spiro atoms. The summed E-state index contributed by atoms with van der Waals surface area (Å²) in [4.78, 5) is 16.7. The second-order valence-electron chi connectivity index (χ2n) is 6.29. The van der Waals surface area contributed by atoms with Gasteiger partial charge in [-0.05, 0) is 31.2 Å². The van der Waals surface area contributed by atoms with Gasteiger partial charge in [0.25, 0.3) is 0 Å². The van der Waals surface area contributed by atoms with Crippen molar-refractivity contribution in [1.29, 1.82) is 0 Å². The van der Waals surface area contributed by atoms with E-state index < -0.39 is 0 Å². The van der Waals surface area contributed by atoms with Crippen molar-refractivity contribution >= 4 is 23.1 Å². The summed E-state index contributed by atoms with van der Waals surface area (Å²) in [6, 6.07) is 11.6. The molecule has 1 aliphatic heterocycles. The predicted molar refractivity (Wildman–Crippen MR) is 103 cm³/mol. The number of hydrogen-bond donors (Lipinski definition) is 1. The van der Waals surface area contributed by atoms with E-state index in [1.54, 1.807) is 10.7 Å². The minimum absolute atomic E-state index is 0.121. The normalized spacial score (nSPS) is 14.4. The van der Waals surface area contributed by atoms with Crippen LogP contribution in [0.25, 0.3) is 5.65 Å². The number of piperazine rings is 1. The first kappa shape index (κ1) is 17.1. The number of pyridine rings is 1. The van der Waals surface area contributed by atoms with E-state index in [1.165, 1.54) is 0 Å². The van der Waals surface area contributed by atoms with Crippen LogP contribution in [0.15, 0.2) is 48.9 Å². The Balaban J connectivity index is 1.41. The summed E-state index contributed by atoms with van der Waals surface area (Å²) in [5.74, 6) is 0.886. The van der Waals surface area contributed by atoms with Crippen molar-refractivity contribution in [2.45, 2.75) is 6.92 Å². The molecular formula is C19H22N6O2. The second-order valence-corrected chi connectivity index (χ2v) is 6.29. The topological polar surface area (TPSA) is 75.0 Å². The highest BCUT2D eigenvalue weighted by atomic mass is 16.5. The monoisotopic (exact) mass is 366 g/mol. The lowest BCUT2D eigenvalue weighted by Crippen LogP contribution is -2.50. The highest BCUT2D eigenvalue weighted by Gasteiger charge is 2.23. The fourth-order valence-electron chi connectivity index (χ4n) is 3.29. The van der Waals surface area contributed by atoms with E-state index in [0.717, 1.165) is 24.5 Å². The number of urea groups is 1. The molecule has 3 heterocycles. The van der Waals surface area contributed by atoms with Gasteiger partial charge in [-0.25, -0.2) is 4.79 Å². The van der Waals surface area contributed by atoms with E-state index in [9.17, 15) is 4.79 Å². The van der Waals surface area contributed by atoms with E-state index >= 15 is 0 Å². The van der Waals surface area contributed by atoms with Gasteiger partial charge in [-0.3, -0.25) is 4.40 Å². The average Bonchev–Trinajstić information content (AvgIpc) is 3.19. The molecule has 1 N–H and O–H groups in total. The SMILES string of the molecule is CCOc1ccccc1N1CCN(C(=O)Nc2cccn3cnnc23)CC1. The molecule has 2 amide bonds. The predicted octanol–water partition coefficient (Wildman–Crippen LogP) is 2.48. The Morgan fingerprint density at radius 3 is 2.78 bits per heavy atom. The lowest BCUT2D eigenvalue weighted by atomic mass is 10.2. The maximum Gasteiger partial charge on any atom is 0.322 e. The van der Waals surface area contributed by atoms with Crippen LogP contribution in [0.3, 0.4) is 0 Å². The first-order chi connectivity index (χ1) is 13.3. The standard InChI is InChI=1S/C19H22N6O2/c1-2-27-17-8-4-3-7-16(17)23-10-12-24(13-11-23)19(26)21-15-6-5-9-25-14-20-22-18(15)25/h3-9,14H,2,10-13H2,1H3,(H,21,26). The largest absolute Gasteiger partial charge is 0.492 e. The number of hydrogen-bond acceptors (Lipinski definition) is 5. The molecule has 8 nitrogen and oxygen atoms in total. The van der Waals surface area contributed by atoms with Gasteiger partial charge < -0.3 is 19.9 Å². The Morgan fingerprint density at radius 2 is 1.96 bits per heavy atom. The zero-order valence-electron chi connectivity index (χ0n) is 15.2. The Bertz CT molecular complexity index is 933. The van der Waals surface area contributed by atoms with E-state index in [-0.39, 0.29) is 6.03 Å². The molecule has 0 unspecified atom stereocenters. The van der Waals surface area contributed by atoms with Crippen LogP contribution in [-0.2, 0) is 0 Å². The molecule has 0 radical (unpaired) electrons. The number of carbonyl (C=O) groups is 1. The molecule has 1 fully saturated rings. The quantitative estimate of drug-likeness (QED) is 0.768. The minimum Gasteiger partial charge on any atom is -0.492 e. The van der Waals surface area contributed by atoms with Gasteiger partial charge in [0, 0.05) is 32.4 Å². The van der Waals surface area contributed by atoms with Gasteiger partial charge in [-0.1, -0.05) is 12.1 Å². The van der Waals surface area contributed by atoms with Gasteiger partial charge >= 0.3 is 6.03 Å². The van der Waals surface area contributed by atoms with Crippen LogP contribution in [-0.4, -0.2) is 58.3 Å². The highest BCUT2D eigenvalue weighted by molar-refractivity contribution is 5.93. The van der Waals surface area contributed by atoms with Crippen molar-refractivity contribution in [2.24, 2.45) is 0 Å². The average molecular weight is 366 g/mol. The van der Waals surface area contributed by atoms with Crippen molar-refractivity contribution in [2.75, 3.05) is 43.0 Å². The Kier molecular flexibility index (Phi) is 4.78. The Hall–Kier alpha value is -3.29. The molecule has 1 saturated heterocycles. The van der Waals surface area contributed by atoms with Crippen LogP contribution in [0.1, 0.15) is 6.92 Å². The summed E-state index contributed by atoms with van der Waals surface area (Å²) < 4.78 is 7.50. The van der Waals surface area contributed by atoms with Gasteiger partial charge in [0.1, 0.15) is 12.1 Å². The third kappa shape index (κ3) is 3.51. The molecule has 3 aromatic rings. The van der Waals surface area contributed by atoms with Crippen molar-refractivity contribution in [3.8, 4) is 5.75 Å². The molecule has 0 saturated carbocycles. The van der Waals surface area contributed by atoms with Crippen molar-refractivity contribution in [3.05, 3.63) is 48.9 Å². The lowest BCUT2D eigenvalue weighted by molar-refractivity contribution is 0.208. The maximum absolute atomic E-state index is 12.7. The van der Waals surface area contributed by atoms with E-state index in [4.69, 9.17) is 4.74 Å². The first-order valence-electron chi connectivity index (χ1n) is 9.07. The number of ether oxygens (including phenoxy) is 1. The molecule has 4 rings (SSSR count). The molecule has 140 valence electrons. The number of benzene rings is 1. The van der Waals surface area contributed by atoms with Gasteiger partial charge in [-0.15, -0.1) is 10.2 Å². The number of para-hydroxylation sites is 2. The lowest BCUT2D eigenvalue weighted by Gasteiger charge is -2.36. The highest BCUT2D eigenvalue weighted by Crippen LogP contribution is 2.29. The first-order valence-corrected chi connectivity index (χ1v) is 9.07. The third-order valence-corrected chi connectivity index (χ3v) is 4.64. The summed E-state index contributed by atoms with van der Waals surface area (Å²) >= 11 is 0. The van der Waals surface area contributed by atoms with Crippen LogP contribution in [0, 0.1) is 0 Å². The Labute approximate surface area is 157 Å². The maximum atomic E-state index is 12.7.